The van der Waals surface area contributed by atoms with Crippen LogP contribution in [0, 0.1) is 5.82 Å². The molecule has 0 bridgehead atoms. The fraction of sp³-hybridized carbons (Fsp3) is 0.286. The largest absolute Gasteiger partial charge is 0.439 e. The van der Waals surface area contributed by atoms with Crippen LogP contribution in [0.25, 0.3) is 11.3 Å². The van der Waals surface area contributed by atoms with Gasteiger partial charge in [0.25, 0.3) is 12.1 Å². The van der Waals surface area contributed by atoms with Crippen LogP contribution in [0.1, 0.15) is 10.4 Å². The topological polar surface area (TPSA) is 70.1 Å². The Balaban J connectivity index is 2.55. The van der Waals surface area contributed by atoms with Crippen molar-refractivity contribution in [3.05, 3.63) is 35.8 Å². The Bertz CT molecular complexity index is 832. The van der Waals surface area contributed by atoms with E-state index in [-0.39, 0.29) is 11.3 Å². The highest BCUT2D eigenvalue weighted by molar-refractivity contribution is 5.99. The predicted octanol–water partition coefficient (Wildman–Crippen LogP) is 3.20. The lowest BCUT2D eigenvalue weighted by atomic mass is 10.1. The molecule has 1 aromatic carbocycles. The number of rotatable bonds is 5. The van der Waals surface area contributed by atoms with Gasteiger partial charge in [-0.15, -0.1) is 0 Å². The lowest BCUT2D eigenvalue weighted by Crippen LogP contribution is -2.45. The van der Waals surface area contributed by atoms with Gasteiger partial charge in [0.1, 0.15) is 17.3 Å². The lowest BCUT2D eigenvalue weighted by Gasteiger charge is -2.24. The van der Waals surface area contributed by atoms with Gasteiger partial charge in [-0.05, 0) is 12.1 Å². The normalized spacial score (nSPS) is 13.5. The van der Waals surface area contributed by atoms with Gasteiger partial charge in [-0.1, -0.05) is 0 Å². The summed E-state index contributed by atoms with van der Waals surface area (Å²) in [5.41, 5.74) is 3.99. The second kappa shape index (κ2) is 6.50. The van der Waals surface area contributed by atoms with Gasteiger partial charge in [0.2, 0.25) is 0 Å². The van der Waals surface area contributed by atoms with E-state index in [9.17, 15) is 35.5 Å². The zero-order valence-electron chi connectivity index (χ0n) is 12.8. The van der Waals surface area contributed by atoms with Crippen LogP contribution in [-0.2, 0) is 7.05 Å². The van der Waals surface area contributed by atoms with E-state index in [2.05, 4.69) is 9.84 Å². The average Bonchev–Trinajstić information content (AvgIpc) is 2.87. The Morgan fingerprint density at radius 2 is 1.88 bits per heavy atom. The molecule has 142 valence electrons. The molecule has 0 spiro atoms. The number of nitrogens with two attached hydrogens (primary N) is 1. The molecule has 1 aromatic heterocycles. The average molecular weight is 385 g/mol. The molecule has 0 saturated heterocycles. The molecule has 2 N–H and O–H groups in total. The van der Waals surface area contributed by atoms with Gasteiger partial charge < -0.3 is 10.5 Å². The third-order valence-electron chi connectivity index (χ3n) is 3.12. The summed E-state index contributed by atoms with van der Waals surface area (Å²) in [4.78, 5) is 11.4. The summed E-state index contributed by atoms with van der Waals surface area (Å²) in [6.45, 7) is 0. The maximum absolute atomic E-state index is 13.5. The van der Waals surface area contributed by atoms with E-state index in [0.717, 1.165) is 23.0 Å². The molecule has 1 amide bonds. The first kappa shape index (κ1) is 19.5. The van der Waals surface area contributed by atoms with Crippen molar-refractivity contribution in [1.82, 2.24) is 9.78 Å². The van der Waals surface area contributed by atoms with Crippen molar-refractivity contribution in [3.8, 4) is 17.0 Å². The van der Waals surface area contributed by atoms with Crippen molar-refractivity contribution in [2.75, 3.05) is 0 Å². The molecule has 2 rings (SSSR count). The van der Waals surface area contributed by atoms with Gasteiger partial charge in [-0.2, -0.15) is 27.1 Å². The van der Waals surface area contributed by atoms with Gasteiger partial charge in [-0.3, -0.25) is 9.48 Å². The summed E-state index contributed by atoms with van der Waals surface area (Å²) >= 11 is 0. The summed E-state index contributed by atoms with van der Waals surface area (Å²) in [5, 5.41) is 3.77. The summed E-state index contributed by atoms with van der Waals surface area (Å²) in [7, 11) is 1.34. The van der Waals surface area contributed by atoms with Crippen LogP contribution in [0.5, 0.6) is 5.75 Å². The lowest BCUT2D eigenvalue weighted by molar-refractivity contribution is -0.304. The van der Waals surface area contributed by atoms with Gasteiger partial charge in [0, 0.05) is 24.9 Å². The second-order valence-electron chi connectivity index (χ2n) is 5.14. The Labute approximate surface area is 141 Å². The van der Waals surface area contributed by atoms with Crippen molar-refractivity contribution in [2.24, 2.45) is 12.8 Å². The second-order valence-corrected chi connectivity index (χ2v) is 5.14. The number of primary amides is 1. The number of aryl methyl sites for hydroxylation is 1. The van der Waals surface area contributed by atoms with Gasteiger partial charge in [0.05, 0.1) is 5.56 Å². The van der Waals surface area contributed by atoms with Crippen molar-refractivity contribution in [2.45, 2.75) is 18.5 Å². The predicted molar refractivity (Wildman–Crippen MR) is 73.6 cm³/mol. The first-order valence-corrected chi connectivity index (χ1v) is 6.74. The van der Waals surface area contributed by atoms with Crippen LogP contribution in [0.4, 0.5) is 30.7 Å². The van der Waals surface area contributed by atoms with Crippen LogP contribution in [0.3, 0.4) is 0 Å². The molecule has 5 nitrogen and oxygen atoms in total. The summed E-state index contributed by atoms with van der Waals surface area (Å²) in [6, 6.07) is 1.90. The Morgan fingerprint density at radius 1 is 1.27 bits per heavy atom. The number of hydrogen-bond acceptors (Lipinski definition) is 3. The number of carbonyl (C=O) groups is 1. The van der Waals surface area contributed by atoms with Crippen LogP contribution in [-0.4, -0.2) is 34.1 Å². The molecule has 0 saturated carbocycles. The zero-order chi connectivity index (χ0) is 19.9. The van der Waals surface area contributed by atoms with Crippen molar-refractivity contribution < 1.29 is 40.3 Å². The molecule has 26 heavy (non-hydrogen) atoms. The SMILES string of the molecule is Cn1cc(C(N)=O)c(-c2ccc(F)cc2OC(F)(F)C(F)C(F)(F)F)n1. The van der Waals surface area contributed by atoms with Crippen LogP contribution < -0.4 is 10.5 Å². The van der Waals surface area contributed by atoms with E-state index in [0.29, 0.717) is 6.07 Å². The van der Waals surface area contributed by atoms with E-state index >= 15 is 0 Å². The van der Waals surface area contributed by atoms with E-state index in [1.165, 1.54) is 7.05 Å². The minimum atomic E-state index is -5.92. The number of halogens is 7. The molecular weight excluding hydrogens is 375 g/mol. The number of alkyl halides is 6. The van der Waals surface area contributed by atoms with Crippen molar-refractivity contribution in [3.63, 3.8) is 0 Å². The standard InChI is InChI=1S/C14H10F7N3O2/c1-24-5-8(11(22)25)10(23-24)7-3-2-6(15)4-9(7)26-14(20,21)12(16)13(17,18)19/h2-5,12H,1H3,(H2,22,25). The number of ether oxygens (including phenoxy) is 1. The van der Waals surface area contributed by atoms with Crippen molar-refractivity contribution in [1.29, 1.82) is 0 Å². The maximum Gasteiger partial charge on any atom is 0.439 e. The minimum absolute atomic E-state index is 0.292. The first-order chi connectivity index (χ1) is 11.8. The fourth-order valence-electron chi connectivity index (χ4n) is 2.03. The molecule has 0 aliphatic carbocycles. The summed E-state index contributed by atoms with van der Waals surface area (Å²) < 4.78 is 95.1. The van der Waals surface area contributed by atoms with E-state index < -0.39 is 41.5 Å². The molecule has 0 aliphatic rings. The fourth-order valence-corrected chi connectivity index (χ4v) is 2.03. The number of hydrogen-bond donors (Lipinski definition) is 1. The number of benzene rings is 1. The third-order valence-corrected chi connectivity index (χ3v) is 3.12. The molecule has 0 radical (unpaired) electrons. The number of carbonyl (C=O) groups excluding carboxylic acids is 1. The molecule has 1 atom stereocenters. The highest BCUT2D eigenvalue weighted by Crippen LogP contribution is 2.40. The number of amides is 1. The highest BCUT2D eigenvalue weighted by atomic mass is 19.4. The molecule has 2 aromatic rings. The van der Waals surface area contributed by atoms with Crippen LogP contribution in [0.15, 0.2) is 24.4 Å². The Hall–Kier alpha value is -2.79. The maximum atomic E-state index is 13.5. The monoisotopic (exact) mass is 385 g/mol. The zero-order valence-corrected chi connectivity index (χ0v) is 12.8. The molecule has 1 unspecified atom stereocenters. The first-order valence-electron chi connectivity index (χ1n) is 6.74. The minimum Gasteiger partial charge on any atom is -0.429 e. The third kappa shape index (κ3) is 3.89. The van der Waals surface area contributed by atoms with Crippen molar-refractivity contribution >= 4 is 5.91 Å². The summed E-state index contributed by atoms with van der Waals surface area (Å²) in [5.74, 6) is -3.34. The molecular formula is C14H10F7N3O2. The Kier molecular flexibility index (Phi) is 4.88. The van der Waals surface area contributed by atoms with E-state index in [4.69, 9.17) is 5.73 Å². The Morgan fingerprint density at radius 3 is 2.42 bits per heavy atom. The number of aromatic nitrogens is 2. The smallest absolute Gasteiger partial charge is 0.429 e. The molecule has 1 heterocycles. The van der Waals surface area contributed by atoms with Gasteiger partial charge in [0.15, 0.2) is 0 Å². The quantitative estimate of drug-likeness (QED) is 0.804. The van der Waals surface area contributed by atoms with Crippen LogP contribution >= 0.6 is 0 Å². The highest BCUT2D eigenvalue weighted by Gasteiger charge is 2.59. The van der Waals surface area contributed by atoms with Gasteiger partial charge >= 0.3 is 12.3 Å². The number of nitrogens with zero attached hydrogens (tertiary/aromatic N) is 2. The van der Waals surface area contributed by atoms with Crippen LogP contribution in [0.2, 0.25) is 0 Å². The molecule has 0 aliphatic heterocycles. The van der Waals surface area contributed by atoms with Gasteiger partial charge in [-0.25, -0.2) is 8.78 Å². The summed E-state index contributed by atoms with van der Waals surface area (Å²) in [6.07, 6.45) is -14.8. The molecule has 0 fully saturated rings. The van der Waals surface area contributed by atoms with E-state index in [1.807, 2.05) is 0 Å². The van der Waals surface area contributed by atoms with E-state index in [1.54, 1.807) is 0 Å². The molecule has 12 heteroatoms.